The lowest BCUT2D eigenvalue weighted by Gasteiger charge is -2.16. The summed E-state index contributed by atoms with van der Waals surface area (Å²) in [5.41, 5.74) is 5.19. The highest BCUT2D eigenvalue weighted by Gasteiger charge is 2.18. The average Bonchev–Trinajstić information content (AvgIpc) is 2.67. The van der Waals surface area contributed by atoms with E-state index in [9.17, 15) is 9.59 Å². The maximum Gasteiger partial charge on any atom is 0.225 e. The highest BCUT2D eigenvalue weighted by atomic mass is 32.1. The van der Waals surface area contributed by atoms with Gasteiger partial charge in [-0.25, -0.2) is 0 Å². The standard InChI is InChI=1S/C11H18N4O2S/c1-7(2)3-8(4-9(12)16)5-10(17)14-11-6-13-15-18-11/h6-8H,3-5H2,1-2H3,(H2,12,16)(H,14,17). The Bertz CT molecular complexity index is 392. The van der Waals surface area contributed by atoms with Crippen LogP contribution in [-0.2, 0) is 9.59 Å². The van der Waals surface area contributed by atoms with Crippen molar-refractivity contribution in [3.63, 3.8) is 0 Å². The third-order valence-electron chi connectivity index (χ3n) is 2.39. The lowest BCUT2D eigenvalue weighted by Crippen LogP contribution is -2.22. The summed E-state index contributed by atoms with van der Waals surface area (Å²) in [6.45, 7) is 4.11. The monoisotopic (exact) mass is 270 g/mol. The van der Waals surface area contributed by atoms with Gasteiger partial charge in [0, 0.05) is 24.4 Å². The highest BCUT2D eigenvalue weighted by Crippen LogP contribution is 2.20. The first-order chi connectivity index (χ1) is 8.47. The molecule has 0 aromatic carbocycles. The fourth-order valence-corrected chi connectivity index (χ4v) is 2.30. The second-order valence-corrected chi connectivity index (χ2v) is 5.49. The quantitative estimate of drug-likeness (QED) is 0.782. The van der Waals surface area contributed by atoms with Crippen molar-refractivity contribution in [2.45, 2.75) is 33.1 Å². The van der Waals surface area contributed by atoms with E-state index in [4.69, 9.17) is 5.73 Å². The molecule has 1 aromatic heterocycles. The van der Waals surface area contributed by atoms with Gasteiger partial charge in [0.2, 0.25) is 11.8 Å². The summed E-state index contributed by atoms with van der Waals surface area (Å²) in [7, 11) is 0. The number of amides is 2. The zero-order valence-electron chi connectivity index (χ0n) is 10.5. The Morgan fingerprint density at radius 2 is 2.17 bits per heavy atom. The van der Waals surface area contributed by atoms with Gasteiger partial charge in [-0.05, 0) is 18.3 Å². The van der Waals surface area contributed by atoms with E-state index in [1.807, 2.05) is 0 Å². The molecule has 0 aliphatic rings. The topological polar surface area (TPSA) is 98.0 Å². The van der Waals surface area contributed by atoms with Crippen LogP contribution in [0.15, 0.2) is 6.20 Å². The smallest absolute Gasteiger partial charge is 0.225 e. The Balaban J connectivity index is 2.48. The molecular weight excluding hydrogens is 252 g/mol. The van der Waals surface area contributed by atoms with Crippen molar-refractivity contribution in [3.8, 4) is 0 Å². The molecule has 100 valence electrons. The van der Waals surface area contributed by atoms with Gasteiger partial charge in [-0.2, -0.15) is 0 Å². The van der Waals surface area contributed by atoms with Crippen molar-refractivity contribution in [2.24, 2.45) is 17.6 Å². The first kappa shape index (κ1) is 14.6. The maximum absolute atomic E-state index is 11.8. The van der Waals surface area contributed by atoms with Gasteiger partial charge < -0.3 is 11.1 Å². The lowest BCUT2D eigenvalue weighted by atomic mass is 9.91. The molecule has 3 N–H and O–H groups in total. The number of primary amides is 1. The van der Waals surface area contributed by atoms with Crippen LogP contribution in [0.3, 0.4) is 0 Å². The van der Waals surface area contributed by atoms with Crippen molar-refractivity contribution in [1.29, 1.82) is 0 Å². The minimum atomic E-state index is -0.368. The fourth-order valence-electron chi connectivity index (χ4n) is 1.86. The number of anilines is 1. The van der Waals surface area contributed by atoms with Gasteiger partial charge in [-0.15, -0.1) is 5.10 Å². The Hall–Kier alpha value is -1.50. The predicted molar refractivity (Wildman–Crippen MR) is 69.9 cm³/mol. The molecule has 0 saturated carbocycles. The molecule has 1 atom stereocenters. The van der Waals surface area contributed by atoms with Crippen molar-refractivity contribution in [1.82, 2.24) is 9.59 Å². The number of hydrogen-bond donors (Lipinski definition) is 2. The van der Waals surface area contributed by atoms with Gasteiger partial charge in [0.15, 0.2) is 0 Å². The second-order valence-electron chi connectivity index (χ2n) is 4.70. The number of nitrogens with one attached hydrogen (secondary N) is 1. The van der Waals surface area contributed by atoms with Crippen LogP contribution in [0.1, 0.15) is 33.1 Å². The Morgan fingerprint density at radius 1 is 1.44 bits per heavy atom. The normalized spacial score (nSPS) is 12.4. The number of aromatic nitrogens is 2. The van der Waals surface area contributed by atoms with Crippen LogP contribution in [0.25, 0.3) is 0 Å². The van der Waals surface area contributed by atoms with Gasteiger partial charge in [0.05, 0.1) is 6.20 Å². The number of nitrogens with two attached hydrogens (primary N) is 1. The average molecular weight is 270 g/mol. The molecule has 2 amide bonds. The molecular formula is C11H18N4O2S. The summed E-state index contributed by atoms with van der Waals surface area (Å²) in [6, 6.07) is 0. The first-order valence-electron chi connectivity index (χ1n) is 5.83. The summed E-state index contributed by atoms with van der Waals surface area (Å²) >= 11 is 1.12. The van der Waals surface area contributed by atoms with Crippen molar-refractivity contribution >= 4 is 28.3 Å². The van der Waals surface area contributed by atoms with E-state index in [1.54, 1.807) is 0 Å². The van der Waals surface area contributed by atoms with Crippen molar-refractivity contribution in [3.05, 3.63) is 6.20 Å². The number of rotatable bonds is 7. The van der Waals surface area contributed by atoms with E-state index in [2.05, 4.69) is 28.8 Å². The van der Waals surface area contributed by atoms with Crippen molar-refractivity contribution in [2.75, 3.05) is 5.32 Å². The third kappa shape index (κ3) is 5.72. The van der Waals surface area contributed by atoms with E-state index in [0.717, 1.165) is 18.0 Å². The SMILES string of the molecule is CC(C)CC(CC(N)=O)CC(=O)Nc1cnns1. The van der Waals surface area contributed by atoms with Gasteiger partial charge >= 0.3 is 0 Å². The molecule has 0 radical (unpaired) electrons. The molecule has 1 unspecified atom stereocenters. The minimum absolute atomic E-state index is 0.0108. The van der Waals surface area contributed by atoms with Crippen LogP contribution in [0.5, 0.6) is 0 Å². The molecule has 6 nitrogen and oxygen atoms in total. The van der Waals surface area contributed by atoms with Gasteiger partial charge in [-0.3, -0.25) is 9.59 Å². The summed E-state index contributed by atoms with van der Waals surface area (Å²) in [5.74, 6) is -0.0866. The van der Waals surface area contributed by atoms with Gasteiger partial charge in [-0.1, -0.05) is 18.3 Å². The van der Waals surface area contributed by atoms with Crippen LogP contribution >= 0.6 is 11.5 Å². The molecule has 0 bridgehead atoms. The number of hydrogen-bond acceptors (Lipinski definition) is 5. The summed E-state index contributed by atoms with van der Waals surface area (Å²) in [6.07, 6.45) is 2.83. The number of carbonyl (C=O) groups excluding carboxylic acids is 2. The van der Waals surface area contributed by atoms with Crippen LogP contribution < -0.4 is 11.1 Å². The van der Waals surface area contributed by atoms with Gasteiger partial charge in [0.1, 0.15) is 5.00 Å². The first-order valence-corrected chi connectivity index (χ1v) is 6.60. The Kier molecular flexibility index (Phi) is 5.70. The van der Waals surface area contributed by atoms with E-state index in [0.29, 0.717) is 17.3 Å². The predicted octanol–water partition coefficient (Wildman–Crippen LogP) is 1.40. The molecule has 18 heavy (non-hydrogen) atoms. The Labute approximate surface area is 110 Å². The van der Waals surface area contributed by atoms with E-state index in [1.165, 1.54) is 6.20 Å². The maximum atomic E-state index is 11.8. The molecule has 1 aromatic rings. The fraction of sp³-hybridized carbons (Fsp3) is 0.636. The number of carbonyl (C=O) groups is 2. The molecule has 0 aliphatic carbocycles. The zero-order chi connectivity index (χ0) is 13.5. The summed E-state index contributed by atoms with van der Waals surface area (Å²) < 4.78 is 3.65. The van der Waals surface area contributed by atoms with Gasteiger partial charge in [0.25, 0.3) is 0 Å². The lowest BCUT2D eigenvalue weighted by molar-refractivity contribution is -0.120. The van der Waals surface area contributed by atoms with Crippen LogP contribution in [0.4, 0.5) is 5.00 Å². The third-order valence-corrected chi connectivity index (χ3v) is 2.97. The molecule has 7 heteroatoms. The molecule has 0 saturated heterocycles. The molecule has 1 heterocycles. The van der Waals surface area contributed by atoms with E-state index >= 15 is 0 Å². The minimum Gasteiger partial charge on any atom is -0.370 e. The second kappa shape index (κ2) is 7.05. The molecule has 0 spiro atoms. The van der Waals surface area contributed by atoms with E-state index < -0.39 is 0 Å². The van der Waals surface area contributed by atoms with Crippen LogP contribution in [0, 0.1) is 11.8 Å². The van der Waals surface area contributed by atoms with Crippen LogP contribution in [0.2, 0.25) is 0 Å². The summed E-state index contributed by atoms with van der Waals surface area (Å²) in [5, 5.41) is 6.95. The summed E-state index contributed by atoms with van der Waals surface area (Å²) in [4.78, 5) is 22.7. The number of nitrogens with zero attached hydrogens (tertiary/aromatic N) is 2. The Morgan fingerprint density at radius 3 is 2.67 bits per heavy atom. The van der Waals surface area contributed by atoms with E-state index in [-0.39, 0.29) is 24.2 Å². The molecule has 0 fully saturated rings. The van der Waals surface area contributed by atoms with Crippen LogP contribution in [-0.4, -0.2) is 21.4 Å². The zero-order valence-corrected chi connectivity index (χ0v) is 11.4. The molecule has 0 aliphatic heterocycles. The van der Waals surface area contributed by atoms with Crippen molar-refractivity contribution < 1.29 is 9.59 Å². The molecule has 1 rings (SSSR count). The largest absolute Gasteiger partial charge is 0.370 e. The highest BCUT2D eigenvalue weighted by molar-refractivity contribution is 7.10.